The first-order chi connectivity index (χ1) is 14.0. The van der Waals surface area contributed by atoms with Gasteiger partial charge in [-0.2, -0.15) is 5.26 Å². The van der Waals surface area contributed by atoms with Gasteiger partial charge in [0, 0.05) is 30.5 Å². The number of benzene rings is 2. The minimum atomic E-state index is -0.529. The van der Waals surface area contributed by atoms with Gasteiger partial charge in [0.1, 0.15) is 17.4 Å². The van der Waals surface area contributed by atoms with Gasteiger partial charge in [-0.25, -0.2) is 0 Å². The summed E-state index contributed by atoms with van der Waals surface area (Å²) < 4.78 is 6.03. The van der Waals surface area contributed by atoms with E-state index in [0.717, 1.165) is 23.1 Å². The van der Waals surface area contributed by atoms with Crippen LogP contribution in [0.4, 0.5) is 5.69 Å². The van der Waals surface area contributed by atoms with E-state index in [-0.39, 0.29) is 23.1 Å². The summed E-state index contributed by atoms with van der Waals surface area (Å²) in [6.07, 6.45) is 1.43. The number of amides is 1. The molecule has 0 saturated heterocycles. The molecule has 1 aliphatic carbocycles. The first kappa shape index (κ1) is 18.4. The average Bonchev–Trinajstić information content (AvgIpc) is 2.72. The van der Waals surface area contributed by atoms with Crippen molar-refractivity contribution in [2.75, 3.05) is 0 Å². The number of hydrogen-bond acceptors (Lipinski definition) is 5. The second-order valence-electron chi connectivity index (χ2n) is 6.93. The van der Waals surface area contributed by atoms with E-state index < -0.39 is 10.8 Å². The zero-order valence-corrected chi connectivity index (χ0v) is 15.6. The molecule has 1 unspecified atom stereocenters. The summed E-state index contributed by atoms with van der Waals surface area (Å²) in [6.45, 7) is 1.34. The molecular weight excluding hydrogens is 370 g/mol. The summed E-state index contributed by atoms with van der Waals surface area (Å²) in [5, 5.41) is 23.8. The summed E-state index contributed by atoms with van der Waals surface area (Å²) >= 11 is 0. The maximum absolute atomic E-state index is 11.7. The fourth-order valence-electron chi connectivity index (χ4n) is 3.93. The minimum absolute atomic E-state index is 0.0503. The molecule has 144 valence electrons. The smallest absolute Gasteiger partial charge is 0.269 e. The number of hydrogen-bond donors (Lipinski definition) is 1. The van der Waals surface area contributed by atoms with Crippen molar-refractivity contribution in [2.24, 2.45) is 0 Å². The van der Waals surface area contributed by atoms with Gasteiger partial charge < -0.3 is 4.74 Å². The zero-order chi connectivity index (χ0) is 20.5. The molecule has 1 heterocycles. The highest BCUT2D eigenvalue weighted by atomic mass is 16.6. The molecule has 1 amide bonds. The molecule has 0 fully saturated rings. The highest BCUT2D eigenvalue weighted by Gasteiger charge is 2.37. The van der Waals surface area contributed by atoms with E-state index in [4.69, 9.17) is 4.74 Å². The average molecular weight is 387 g/mol. The van der Waals surface area contributed by atoms with E-state index in [1.165, 1.54) is 19.1 Å². The van der Waals surface area contributed by atoms with Gasteiger partial charge in [-0.05, 0) is 29.5 Å². The standard InChI is InChI=1S/C22H17N3O4/c1-13(26)24-22-19(12-23)20(15-6-4-7-16(11-15)25(27)28)18-10-9-14-5-2-3-8-17(14)21(18)29-22/h2-8,11,20H,9-10H2,1H3,(H,24,26). The van der Waals surface area contributed by atoms with Crippen LogP contribution in [0.5, 0.6) is 0 Å². The number of nitrogens with zero attached hydrogens (tertiary/aromatic N) is 2. The van der Waals surface area contributed by atoms with Gasteiger partial charge in [0.05, 0.1) is 4.92 Å². The Morgan fingerprint density at radius 2 is 2.03 bits per heavy atom. The second kappa shape index (κ2) is 7.24. The summed E-state index contributed by atoms with van der Waals surface area (Å²) in [5.41, 5.74) is 3.71. The van der Waals surface area contributed by atoms with Crippen LogP contribution < -0.4 is 5.32 Å². The third-order valence-electron chi connectivity index (χ3n) is 5.13. The topological polar surface area (TPSA) is 105 Å². The van der Waals surface area contributed by atoms with Crippen molar-refractivity contribution in [3.05, 3.63) is 92.4 Å². The van der Waals surface area contributed by atoms with E-state index in [2.05, 4.69) is 11.4 Å². The lowest BCUT2D eigenvalue weighted by Gasteiger charge is -2.34. The van der Waals surface area contributed by atoms with Crippen LogP contribution in [0.3, 0.4) is 0 Å². The largest absolute Gasteiger partial charge is 0.439 e. The number of rotatable bonds is 3. The van der Waals surface area contributed by atoms with E-state index >= 15 is 0 Å². The van der Waals surface area contributed by atoms with Gasteiger partial charge in [0.25, 0.3) is 5.69 Å². The Morgan fingerprint density at radius 3 is 2.76 bits per heavy atom. The van der Waals surface area contributed by atoms with E-state index in [9.17, 15) is 20.2 Å². The fraction of sp³-hybridized carbons (Fsp3) is 0.182. The normalized spacial score (nSPS) is 17.6. The van der Waals surface area contributed by atoms with Crippen molar-refractivity contribution in [1.82, 2.24) is 5.32 Å². The third kappa shape index (κ3) is 3.25. The van der Waals surface area contributed by atoms with E-state index in [1.54, 1.807) is 12.1 Å². The van der Waals surface area contributed by atoms with Crippen LogP contribution in [0.25, 0.3) is 5.76 Å². The van der Waals surface area contributed by atoms with Crippen LogP contribution in [0, 0.1) is 21.4 Å². The highest BCUT2D eigenvalue weighted by Crippen LogP contribution is 2.47. The van der Waals surface area contributed by atoms with Gasteiger partial charge in [-0.15, -0.1) is 0 Å². The second-order valence-corrected chi connectivity index (χ2v) is 6.93. The zero-order valence-electron chi connectivity index (χ0n) is 15.6. The lowest BCUT2D eigenvalue weighted by molar-refractivity contribution is -0.384. The van der Waals surface area contributed by atoms with Crippen molar-refractivity contribution < 1.29 is 14.5 Å². The molecule has 2 aliphatic rings. The predicted octanol–water partition coefficient (Wildman–Crippen LogP) is 3.94. The quantitative estimate of drug-likeness (QED) is 0.634. The van der Waals surface area contributed by atoms with Crippen molar-refractivity contribution in [1.29, 1.82) is 5.26 Å². The first-order valence-corrected chi connectivity index (χ1v) is 9.15. The number of nitriles is 1. The van der Waals surface area contributed by atoms with E-state index in [0.29, 0.717) is 17.7 Å². The molecule has 0 bridgehead atoms. The first-order valence-electron chi connectivity index (χ1n) is 9.15. The van der Waals surface area contributed by atoms with Crippen molar-refractivity contribution >= 4 is 17.4 Å². The van der Waals surface area contributed by atoms with Gasteiger partial charge >= 0.3 is 0 Å². The van der Waals surface area contributed by atoms with Crippen molar-refractivity contribution in [3.8, 4) is 6.07 Å². The number of ether oxygens (including phenoxy) is 1. The highest BCUT2D eigenvalue weighted by molar-refractivity contribution is 5.78. The molecule has 1 atom stereocenters. The van der Waals surface area contributed by atoms with Gasteiger partial charge in [0.15, 0.2) is 0 Å². The molecule has 29 heavy (non-hydrogen) atoms. The number of allylic oxidation sites excluding steroid dienone is 2. The monoisotopic (exact) mass is 387 g/mol. The van der Waals surface area contributed by atoms with Gasteiger partial charge in [-0.1, -0.05) is 36.4 Å². The maximum atomic E-state index is 11.7. The molecular formula is C22H17N3O4. The molecule has 7 heteroatoms. The van der Waals surface area contributed by atoms with Crippen LogP contribution in [-0.2, 0) is 16.0 Å². The number of aryl methyl sites for hydroxylation is 1. The molecule has 0 spiro atoms. The number of carbonyl (C=O) groups excluding carboxylic acids is 1. The third-order valence-corrected chi connectivity index (χ3v) is 5.13. The SMILES string of the molecule is CC(=O)NC1=C(C#N)C(c2cccc([N+](=O)[O-])c2)C2=C(O1)c1ccccc1CC2. The molecule has 1 aliphatic heterocycles. The lowest BCUT2D eigenvalue weighted by Crippen LogP contribution is -2.29. The molecule has 7 nitrogen and oxygen atoms in total. The van der Waals surface area contributed by atoms with E-state index in [1.807, 2.05) is 24.3 Å². The number of nitro benzene ring substituents is 1. The van der Waals surface area contributed by atoms with Gasteiger partial charge in [-0.3, -0.25) is 20.2 Å². The molecule has 0 saturated carbocycles. The van der Waals surface area contributed by atoms with Crippen molar-refractivity contribution in [3.63, 3.8) is 0 Å². The van der Waals surface area contributed by atoms with Crippen molar-refractivity contribution in [2.45, 2.75) is 25.7 Å². The summed E-state index contributed by atoms with van der Waals surface area (Å²) in [5.74, 6) is -0.212. The van der Waals surface area contributed by atoms with Crippen LogP contribution in [-0.4, -0.2) is 10.8 Å². The van der Waals surface area contributed by atoms with Crippen LogP contribution in [0.15, 0.2) is 65.6 Å². The maximum Gasteiger partial charge on any atom is 0.269 e. The predicted molar refractivity (Wildman–Crippen MR) is 105 cm³/mol. The van der Waals surface area contributed by atoms with Crippen LogP contribution in [0.1, 0.15) is 36.0 Å². The Labute approximate surface area is 167 Å². The van der Waals surface area contributed by atoms with Gasteiger partial charge in [0.2, 0.25) is 11.8 Å². The number of carbonyl (C=O) groups is 1. The minimum Gasteiger partial charge on any atom is -0.439 e. The molecule has 0 radical (unpaired) electrons. The lowest BCUT2D eigenvalue weighted by atomic mass is 9.76. The molecule has 2 aromatic carbocycles. The molecule has 2 aromatic rings. The number of non-ortho nitro benzene ring substituents is 1. The molecule has 1 N–H and O–H groups in total. The Balaban J connectivity index is 1.94. The Hall–Kier alpha value is -3.92. The van der Waals surface area contributed by atoms with Crippen LogP contribution >= 0.6 is 0 Å². The summed E-state index contributed by atoms with van der Waals surface area (Å²) in [4.78, 5) is 22.5. The number of nitro groups is 1. The molecule has 0 aromatic heterocycles. The Bertz CT molecular complexity index is 1140. The fourth-order valence-corrected chi connectivity index (χ4v) is 3.93. The summed E-state index contributed by atoms with van der Waals surface area (Å²) in [6, 6.07) is 16.2. The Morgan fingerprint density at radius 1 is 1.24 bits per heavy atom. The summed E-state index contributed by atoms with van der Waals surface area (Å²) in [7, 11) is 0. The molecule has 4 rings (SSSR count). The Kier molecular flexibility index (Phi) is 4.61. The number of nitrogens with one attached hydrogen (secondary N) is 1. The van der Waals surface area contributed by atoms with Crippen LogP contribution in [0.2, 0.25) is 0 Å². The number of fused-ring (bicyclic) bond motifs is 2.